The SMILES string of the molecule is CCCCCCCCC/C=C/CC/C=C/CC/C=C/C(O)C(CS(=O)(=O)O)NC(=O)CCCCCCCCCCCCC/C=C\CCCCCCCCCC. The Kier molecular flexibility index (Phi) is 40.6. The molecule has 0 fully saturated rings. The lowest BCUT2D eigenvalue weighted by atomic mass is 10.0. The quantitative estimate of drug-likeness (QED) is 0.0324. The Morgan fingerprint density at radius 1 is 0.473 bits per heavy atom. The van der Waals surface area contributed by atoms with Crippen LogP contribution in [0.4, 0.5) is 0 Å². The van der Waals surface area contributed by atoms with E-state index in [0.717, 1.165) is 38.5 Å². The number of unbranched alkanes of at least 4 members (excludes halogenated alkanes) is 28. The summed E-state index contributed by atoms with van der Waals surface area (Å²) in [5.41, 5.74) is 0. The molecule has 0 rings (SSSR count). The van der Waals surface area contributed by atoms with Crippen LogP contribution in [0.2, 0.25) is 0 Å². The van der Waals surface area contributed by atoms with Gasteiger partial charge in [-0.05, 0) is 70.6 Å². The fourth-order valence-corrected chi connectivity index (χ4v) is 7.68. The van der Waals surface area contributed by atoms with Gasteiger partial charge in [0.15, 0.2) is 0 Å². The summed E-state index contributed by atoms with van der Waals surface area (Å²) in [6.07, 6.45) is 56.8. The van der Waals surface area contributed by atoms with Crippen molar-refractivity contribution in [2.24, 2.45) is 0 Å². The third-order valence-corrected chi connectivity index (χ3v) is 11.2. The van der Waals surface area contributed by atoms with Gasteiger partial charge in [0.05, 0.1) is 17.9 Å². The number of hydrogen-bond donors (Lipinski definition) is 3. The minimum atomic E-state index is -4.36. The van der Waals surface area contributed by atoms with E-state index in [0.29, 0.717) is 6.42 Å². The number of rotatable bonds is 42. The van der Waals surface area contributed by atoms with Crippen LogP contribution in [0, 0.1) is 0 Å². The molecule has 55 heavy (non-hydrogen) atoms. The Morgan fingerprint density at radius 2 is 0.782 bits per heavy atom. The first-order valence-corrected chi connectivity index (χ1v) is 24.9. The molecule has 0 aromatic heterocycles. The number of carbonyl (C=O) groups excluding carboxylic acids is 1. The summed E-state index contributed by atoms with van der Waals surface area (Å²) in [5.74, 6) is -1.01. The highest BCUT2D eigenvalue weighted by atomic mass is 32.2. The van der Waals surface area contributed by atoms with E-state index in [1.54, 1.807) is 6.08 Å². The van der Waals surface area contributed by atoms with Gasteiger partial charge < -0.3 is 10.4 Å². The summed E-state index contributed by atoms with van der Waals surface area (Å²) < 4.78 is 32.6. The van der Waals surface area contributed by atoms with Crippen molar-refractivity contribution < 1.29 is 22.9 Å². The first kappa shape index (κ1) is 53.3. The summed E-state index contributed by atoms with van der Waals surface area (Å²) in [7, 11) is -4.36. The second-order valence-corrected chi connectivity index (χ2v) is 17.5. The minimum absolute atomic E-state index is 0.284. The molecular weight excluding hydrogens is 703 g/mol. The van der Waals surface area contributed by atoms with Crippen LogP contribution in [-0.2, 0) is 14.9 Å². The molecule has 7 heteroatoms. The average Bonchev–Trinajstić information content (AvgIpc) is 3.15. The van der Waals surface area contributed by atoms with Crippen molar-refractivity contribution in [1.82, 2.24) is 5.32 Å². The topological polar surface area (TPSA) is 104 Å². The van der Waals surface area contributed by atoms with Crippen LogP contribution >= 0.6 is 0 Å². The summed E-state index contributed by atoms with van der Waals surface area (Å²) in [5, 5.41) is 13.2. The van der Waals surface area contributed by atoms with Crippen LogP contribution in [0.3, 0.4) is 0 Å². The number of allylic oxidation sites excluding steroid dienone is 7. The number of amides is 1. The third-order valence-electron chi connectivity index (χ3n) is 10.5. The molecule has 0 radical (unpaired) electrons. The predicted octanol–water partition coefficient (Wildman–Crippen LogP) is 14.2. The normalized spacial score (nSPS) is 13.6. The number of carbonyl (C=O) groups is 1. The van der Waals surface area contributed by atoms with Crippen molar-refractivity contribution in [2.45, 2.75) is 244 Å². The predicted molar refractivity (Wildman–Crippen MR) is 239 cm³/mol. The zero-order chi connectivity index (χ0) is 40.3. The molecule has 0 aromatic rings. The largest absolute Gasteiger partial charge is 0.387 e. The van der Waals surface area contributed by atoms with E-state index >= 15 is 0 Å². The Labute approximate surface area is 341 Å². The number of nitrogens with one attached hydrogen (secondary N) is 1. The van der Waals surface area contributed by atoms with Gasteiger partial charge in [0.2, 0.25) is 5.91 Å². The summed E-state index contributed by atoms with van der Waals surface area (Å²) in [4.78, 5) is 12.6. The highest BCUT2D eigenvalue weighted by Gasteiger charge is 2.24. The van der Waals surface area contributed by atoms with Crippen LogP contribution in [-0.4, -0.2) is 41.9 Å². The molecular formula is C48H89NO5S. The molecule has 3 N–H and O–H groups in total. The smallest absolute Gasteiger partial charge is 0.267 e. The van der Waals surface area contributed by atoms with E-state index in [-0.39, 0.29) is 12.3 Å². The molecule has 2 unspecified atom stereocenters. The Balaban J connectivity index is 3.88. The van der Waals surface area contributed by atoms with Crippen LogP contribution in [0.25, 0.3) is 0 Å². The maximum absolute atomic E-state index is 12.6. The molecule has 0 bridgehead atoms. The average molecular weight is 792 g/mol. The van der Waals surface area contributed by atoms with E-state index < -0.39 is 28.0 Å². The van der Waals surface area contributed by atoms with Gasteiger partial charge in [0, 0.05) is 6.42 Å². The second kappa shape index (κ2) is 41.9. The fourth-order valence-electron chi connectivity index (χ4n) is 6.95. The van der Waals surface area contributed by atoms with Crippen molar-refractivity contribution in [3.05, 3.63) is 48.6 Å². The maximum Gasteiger partial charge on any atom is 0.267 e. The van der Waals surface area contributed by atoms with Crippen LogP contribution < -0.4 is 5.32 Å². The van der Waals surface area contributed by atoms with Crippen molar-refractivity contribution >= 4 is 16.0 Å². The van der Waals surface area contributed by atoms with E-state index in [1.165, 1.54) is 173 Å². The third kappa shape index (κ3) is 43.3. The lowest BCUT2D eigenvalue weighted by molar-refractivity contribution is -0.122. The zero-order valence-corrected chi connectivity index (χ0v) is 36.9. The van der Waals surface area contributed by atoms with Crippen molar-refractivity contribution in [3.63, 3.8) is 0 Å². The summed E-state index contributed by atoms with van der Waals surface area (Å²) in [6.45, 7) is 4.53. The first-order chi connectivity index (χ1) is 26.8. The van der Waals surface area contributed by atoms with Crippen molar-refractivity contribution in [3.8, 4) is 0 Å². The summed E-state index contributed by atoms with van der Waals surface area (Å²) in [6, 6.07) is -1.08. The molecule has 6 nitrogen and oxygen atoms in total. The van der Waals surface area contributed by atoms with Gasteiger partial charge in [-0.1, -0.05) is 204 Å². The van der Waals surface area contributed by atoms with Crippen molar-refractivity contribution in [1.29, 1.82) is 0 Å². The van der Waals surface area contributed by atoms with Gasteiger partial charge in [-0.25, -0.2) is 0 Å². The van der Waals surface area contributed by atoms with Gasteiger partial charge in [0.25, 0.3) is 10.1 Å². The lowest BCUT2D eigenvalue weighted by Crippen LogP contribution is -2.46. The molecule has 1 amide bonds. The molecule has 0 aromatic carbocycles. The molecule has 322 valence electrons. The number of aliphatic hydroxyl groups excluding tert-OH is 1. The van der Waals surface area contributed by atoms with Gasteiger partial charge in [-0.3, -0.25) is 9.35 Å². The Bertz CT molecular complexity index is 1050. The van der Waals surface area contributed by atoms with Gasteiger partial charge >= 0.3 is 0 Å². The summed E-state index contributed by atoms with van der Waals surface area (Å²) >= 11 is 0. The molecule has 0 aliphatic heterocycles. The minimum Gasteiger partial charge on any atom is -0.387 e. The Morgan fingerprint density at radius 3 is 1.15 bits per heavy atom. The molecule has 0 saturated heterocycles. The molecule has 0 aliphatic carbocycles. The molecule has 0 heterocycles. The molecule has 0 spiro atoms. The van der Waals surface area contributed by atoms with Crippen molar-refractivity contribution in [2.75, 3.05) is 5.75 Å². The zero-order valence-electron chi connectivity index (χ0n) is 36.0. The van der Waals surface area contributed by atoms with Gasteiger partial charge in [-0.15, -0.1) is 0 Å². The van der Waals surface area contributed by atoms with Crippen LogP contribution in [0.15, 0.2) is 48.6 Å². The fraction of sp³-hybridized carbons (Fsp3) is 0.812. The highest BCUT2D eigenvalue weighted by molar-refractivity contribution is 7.85. The highest BCUT2D eigenvalue weighted by Crippen LogP contribution is 2.14. The number of aliphatic hydroxyl groups is 1. The lowest BCUT2D eigenvalue weighted by Gasteiger charge is -2.21. The van der Waals surface area contributed by atoms with Gasteiger partial charge in [0.1, 0.15) is 0 Å². The van der Waals surface area contributed by atoms with E-state index in [4.69, 9.17) is 0 Å². The van der Waals surface area contributed by atoms with Crippen LogP contribution in [0.1, 0.15) is 232 Å². The Hall–Kier alpha value is -1.70. The van der Waals surface area contributed by atoms with E-state index in [2.05, 4.69) is 55.6 Å². The molecule has 0 saturated carbocycles. The monoisotopic (exact) mass is 792 g/mol. The second-order valence-electron chi connectivity index (χ2n) is 16.0. The standard InChI is InChI=1S/C48H89NO5S/c1-3-5-7-9-11-13-15-17-19-21-22-23-24-25-26-28-30-32-34-36-38-40-42-44-48(51)49-46(45-55(52,53)54)47(50)43-41-39-37-35-33-31-29-27-20-18-16-14-12-10-8-6-4-2/h20-22,27,33,35,41,43,46-47,50H,3-19,23-26,28-32,34,36-40,42,44-45H2,1-2H3,(H,49,51)(H,52,53,54)/b22-21-,27-20+,35-33+,43-41+. The van der Waals surface area contributed by atoms with E-state index in [9.17, 15) is 22.9 Å². The molecule has 2 atom stereocenters. The maximum atomic E-state index is 12.6. The molecule has 0 aliphatic rings. The van der Waals surface area contributed by atoms with Crippen LogP contribution in [0.5, 0.6) is 0 Å². The van der Waals surface area contributed by atoms with Gasteiger partial charge in [-0.2, -0.15) is 8.42 Å². The first-order valence-electron chi connectivity index (χ1n) is 23.3. The number of hydrogen-bond acceptors (Lipinski definition) is 4. The van der Waals surface area contributed by atoms with E-state index in [1.807, 2.05) is 0 Å².